The number of amides is 3. The first kappa shape index (κ1) is 22.4. The number of carbonyl (C=O) groups excluding carboxylic acids is 2. The fraction of sp³-hybridized carbons (Fsp3) is 0.455. The summed E-state index contributed by atoms with van der Waals surface area (Å²) >= 11 is 3.40. The summed E-state index contributed by atoms with van der Waals surface area (Å²) in [5.74, 6) is 0.566. The molecule has 1 unspecified atom stereocenters. The molecule has 1 fully saturated rings. The van der Waals surface area contributed by atoms with Gasteiger partial charge < -0.3 is 24.3 Å². The van der Waals surface area contributed by atoms with Gasteiger partial charge >= 0.3 is 6.03 Å². The summed E-state index contributed by atoms with van der Waals surface area (Å²) in [4.78, 5) is 29.3. The van der Waals surface area contributed by atoms with Crippen LogP contribution in [-0.2, 0) is 16.1 Å². The normalized spacial score (nSPS) is 15.9. The lowest BCUT2D eigenvalue weighted by Crippen LogP contribution is -2.48. The van der Waals surface area contributed by atoms with Crippen LogP contribution in [0.2, 0.25) is 0 Å². The molecule has 1 aromatic heterocycles. The van der Waals surface area contributed by atoms with E-state index in [4.69, 9.17) is 9.15 Å². The Morgan fingerprint density at radius 3 is 2.73 bits per heavy atom. The number of hydrogen-bond donors (Lipinski definition) is 1. The zero-order chi connectivity index (χ0) is 21.5. The van der Waals surface area contributed by atoms with Gasteiger partial charge in [-0.3, -0.25) is 4.79 Å². The van der Waals surface area contributed by atoms with Crippen LogP contribution in [0.15, 0.2) is 51.6 Å². The summed E-state index contributed by atoms with van der Waals surface area (Å²) in [6, 6.07) is 10.5. The van der Waals surface area contributed by atoms with Gasteiger partial charge in [-0.2, -0.15) is 0 Å². The van der Waals surface area contributed by atoms with Gasteiger partial charge in [0.05, 0.1) is 18.9 Å². The van der Waals surface area contributed by atoms with Crippen LogP contribution in [0.5, 0.6) is 0 Å². The van der Waals surface area contributed by atoms with Crippen LogP contribution in [0.4, 0.5) is 10.5 Å². The third-order valence-electron chi connectivity index (χ3n) is 4.99. The van der Waals surface area contributed by atoms with Gasteiger partial charge in [0.15, 0.2) is 0 Å². The number of nitrogens with zero attached hydrogens (tertiary/aromatic N) is 2. The smallest absolute Gasteiger partial charge is 0.322 e. The van der Waals surface area contributed by atoms with Crippen molar-refractivity contribution in [3.05, 3.63) is 52.9 Å². The van der Waals surface area contributed by atoms with E-state index in [2.05, 4.69) is 21.2 Å². The Balaban J connectivity index is 1.68. The van der Waals surface area contributed by atoms with Crippen molar-refractivity contribution in [2.45, 2.75) is 45.4 Å². The molecule has 1 N–H and O–H groups in total. The number of furan rings is 1. The van der Waals surface area contributed by atoms with Crippen LogP contribution < -0.4 is 5.32 Å². The van der Waals surface area contributed by atoms with E-state index in [0.29, 0.717) is 24.5 Å². The van der Waals surface area contributed by atoms with Crippen molar-refractivity contribution in [1.29, 1.82) is 0 Å². The van der Waals surface area contributed by atoms with Crippen LogP contribution in [0.25, 0.3) is 0 Å². The van der Waals surface area contributed by atoms with Crippen molar-refractivity contribution in [2.24, 2.45) is 0 Å². The Morgan fingerprint density at radius 2 is 2.10 bits per heavy atom. The van der Waals surface area contributed by atoms with Gasteiger partial charge in [0.25, 0.3) is 0 Å². The molecule has 3 rings (SSSR count). The van der Waals surface area contributed by atoms with E-state index in [1.54, 1.807) is 17.2 Å². The number of nitrogens with one attached hydrogen (secondary N) is 1. The topological polar surface area (TPSA) is 75.0 Å². The molecule has 3 amide bonds. The molecule has 7 nitrogen and oxygen atoms in total. The van der Waals surface area contributed by atoms with E-state index >= 15 is 0 Å². The number of benzene rings is 1. The quantitative estimate of drug-likeness (QED) is 0.607. The first-order valence-electron chi connectivity index (χ1n) is 10.2. The summed E-state index contributed by atoms with van der Waals surface area (Å²) in [6.45, 7) is 5.32. The predicted octanol–water partition coefficient (Wildman–Crippen LogP) is 4.49. The van der Waals surface area contributed by atoms with Gasteiger partial charge in [-0.15, -0.1) is 0 Å². The highest BCUT2D eigenvalue weighted by Gasteiger charge is 2.27. The first-order valence-corrected chi connectivity index (χ1v) is 11.0. The lowest BCUT2D eigenvalue weighted by molar-refractivity contribution is -0.134. The first-order chi connectivity index (χ1) is 14.4. The largest absolute Gasteiger partial charge is 0.467 e. The lowest BCUT2D eigenvalue weighted by Gasteiger charge is -2.30. The molecule has 0 bridgehead atoms. The molecular weight excluding hydrogens is 450 g/mol. The average molecular weight is 478 g/mol. The summed E-state index contributed by atoms with van der Waals surface area (Å²) in [5.41, 5.74) is 0.666. The summed E-state index contributed by atoms with van der Waals surface area (Å²) in [7, 11) is 0. The maximum atomic E-state index is 13.2. The molecule has 162 valence electrons. The van der Waals surface area contributed by atoms with Gasteiger partial charge in [-0.1, -0.05) is 22.0 Å². The number of rotatable bonds is 8. The zero-order valence-corrected chi connectivity index (χ0v) is 18.9. The molecule has 8 heteroatoms. The van der Waals surface area contributed by atoms with E-state index in [-0.39, 0.29) is 30.6 Å². The third kappa shape index (κ3) is 6.34. The number of ether oxygens (including phenoxy) is 1. The van der Waals surface area contributed by atoms with Crippen molar-refractivity contribution in [3.63, 3.8) is 0 Å². The van der Waals surface area contributed by atoms with Crippen molar-refractivity contribution >= 4 is 33.6 Å². The Kier molecular flexibility index (Phi) is 7.93. The van der Waals surface area contributed by atoms with Gasteiger partial charge in [-0.25, -0.2) is 4.79 Å². The zero-order valence-electron chi connectivity index (χ0n) is 17.3. The van der Waals surface area contributed by atoms with Crippen molar-refractivity contribution in [3.8, 4) is 0 Å². The Bertz CT molecular complexity index is 835. The summed E-state index contributed by atoms with van der Waals surface area (Å²) in [6.07, 6.45) is 3.54. The van der Waals surface area contributed by atoms with Crippen LogP contribution in [0.3, 0.4) is 0 Å². The molecule has 1 aromatic carbocycles. The second-order valence-electron chi connectivity index (χ2n) is 7.65. The van der Waals surface area contributed by atoms with Crippen molar-refractivity contribution in [1.82, 2.24) is 9.80 Å². The number of hydrogen-bond acceptors (Lipinski definition) is 4. The van der Waals surface area contributed by atoms with E-state index in [1.807, 2.05) is 44.2 Å². The van der Waals surface area contributed by atoms with E-state index in [9.17, 15) is 9.59 Å². The molecule has 2 aromatic rings. The molecule has 1 atom stereocenters. The predicted molar refractivity (Wildman–Crippen MR) is 118 cm³/mol. The highest BCUT2D eigenvalue weighted by atomic mass is 79.9. The van der Waals surface area contributed by atoms with Crippen LogP contribution in [-0.4, -0.2) is 53.6 Å². The van der Waals surface area contributed by atoms with E-state index in [0.717, 1.165) is 23.9 Å². The molecule has 1 aliphatic rings. The third-order valence-corrected chi connectivity index (χ3v) is 5.49. The maximum Gasteiger partial charge on any atom is 0.322 e. The SMILES string of the molecule is CC(C)N(CC(=O)N(Cc1ccco1)CC1CCCO1)C(=O)Nc1cccc(Br)c1. The number of carbonyl (C=O) groups is 2. The Labute approximate surface area is 185 Å². The van der Waals surface area contributed by atoms with Crippen LogP contribution in [0, 0.1) is 0 Å². The molecule has 0 radical (unpaired) electrons. The van der Waals surface area contributed by atoms with Crippen molar-refractivity contribution in [2.75, 3.05) is 25.0 Å². The monoisotopic (exact) mass is 477 g/mol. The van der Waals surface area contributed by atoms with Gasteiger partial charge in [0.2, 0.25) is 5.91 Å². The Morgan fingerprint density at radius 1 is 1.27 bits per heavy atom. The van der Waals surface area contributed by atoms with Crippen LogP contribution in [0.1, 0.15) is 32.4 Å². The lowest BCUT2D eigenvalue weighted by atomic mass is 10.2. The minimum atomic E-state index is -0.313. The van der Waals surface area contributed by atoms with Crippen molar-refractivity contribution < 1.29 is 18.7 Å². The highest BCUT2D eigenvalue weighted by molar-refractivity contribution is 9.10. The van der Waals surface area contributed by atoms with Gasteiger partial charge in [-0.05, 0) is 57.0 Å². The average Bonchev–Trinajstić information content (AvgIpc) is 3.39. The maximum absolute atomic E-state index is 13.2. The second-order valence-corrected chi connectivity index (χ2v) is 8.57. The molecule has 0 saturated carbocycles. The highest BCUT2D eigenvalue weighted by Crippen LogP contribution is 2.18. The standard InChI is InChI=1S/C22H28BrN3O4/c1-16(2)26(22(28)24-18-7-3-6-17(23)12-18)15-21(27)25(13-19-8-4-10-29-19)14-20-9-5-11-30-20/h3-4,6-8,10,12,16,20H,5,9,11,13-15H2,1-2H3,(H,24,28). The fourth-order valence-corrected chi connectivity index (χ4v) is 3.77. The Hall–Kier alpha value is -2.32. The number of halogens is 1. The minimum Gasteiger partial charge on any atom is -0.467 e. The second kappa shape index (κ2) is 10.6. The summed E-state index contributed by atoms with van der Waals surface area (Å²) < 4.78 is 12.0. The molecular formula is C22H28BrN3O4. The summed E-state index contributed by atoms with van der Waals surface area (Å²) in [5, 5.41) is 2.87. The van der Waals surface area contributed by atoms with Gasteiger partial charge in [0, 0.05) is 29.4 Å². The van der Waals surface area contributed by atoms with Crippen LogP contribution >= 0.6 is 15.9 Å². The fourth-order valence-electron chi connectivity index (χ4n) is 3.38. The molecule has 1 aliphatic heterocycles. The minimum absolute atomic E-state index is 0.0203. The molecule has 0 aliphatic carbocycles. The van der Waals surface area contributed by atoms with Gasteiger partial charge in [0.1, 0.15) is 12.3 Å². The number of urea groups is 1. The van der Waals surface area contributed by atoms with E-state index < -0.39 is 0 Å². The number of anilines is 1. The molecule has 2 heterocycles. The van der Waals surface area contributed by atoms with E-state index in [1.165, 1.54) is 4.90 Å². The molecule has 30 heavy (non-hydrogen) atoms. The molecule has 0 spiro atoms. The molecule has 1 saturated heterocycles.